The highest BCUT2D eigenvalue weighted by atomic mass is 35.5. The molecule has 0 bridgehead atoms. The van der Waals surface area contributed by atoms with E-state index in [-0.39, 0.29) is 18.2 Å². The number of esters is 1. The van der Waals surface area contributed by atoms with Crippen molar-refractivity contribution in [2.24, 2.45) is 0 Å². The van der Waals surface area contributed by atoms with Crippen molar-refractivity contribution in [1.82, 2.24) is 0 Å². The molecule has 8 heteroatoms. The molecule has 30 heavy (non-hydrogen) atoms. The number of fused-ring (bicyclic) bond motifs is 2. The van der Waals surface area contributed by atoms with Crippen LogP contribution in [0.5, 0.6) is 0 Å². The number of hydrogen-bond acceptors (Lipinski definition) is 5. The van der Waals surface area contributed by atoms with Crippen molar-refractivity contribution in [1.29, 1.82) is 0 Å². The summed E-state index contributed by atoms with van der Waals surface area (Å²) in [5, 5.41) is 5.19. The Morgan fingerprint density at radius 2 is 1.83 bits per heavy atom. The number of carbonyl (C=O) groups is 3. The maximum absolute atomic E-state index is 12.5. The Bertz CT molecular complexity index is 1150. The second kappa shape index (κ2) is 8.77. The number of ether oxygens (including phenoxy) is 1. The SMILES string of the molecule is O=C1CN(C(=O)COC(=O)CSc2cccc3cccc(Cl)c23)c2ccccc2N1. The standard InChI is InChI=1S/C22H17ClN2O4S/c23-15-7-3-5-14-6-4-10-18(22(14)15)30-13-21(28)29-12-20(27)25-11-19(26)24-16-8-1-2-9-17(16)25/h1-10H,11-13H2,(H,24,26). The van der Waals surface area contributed by atoms with Crippen molar-refractivity contribution in [2.75, 3.05) is 29.1 Å². The molecule has 0 radical (unpaired) electrons. The topological polar surface area (TPSA) is 75.7 Å². The summed E-state index contributed by atoms with van der Waals surface area (Å²) in [7, 11) is 0. The van der Waals surface area contributed by atoms with Crippen LogP contribution in [-0.4, -0.2) is 36.7 Å². The number of para-hydroxylation sites is 2. The Labute approximate surface area is 182 Å². The van der Waals surface area contributed by atoms with Crippen molar-refractivity contribution < 1.29 is 19.1 Å². The molecular weight excluding hydrogens is 424 g/mol. The first-order chi connectivity index (χ1) is 14.5. The summed E-state index contributed by atoms with van der Waals surface area (Å²) in [5.41, 5.74) is 1.13. The first-order valence-electron chi connectivity index (χ1n) is 9.18. The summed E-state index contributed by atoms with van der Waals surface area (Å²) in [5.74, 6) is -1.23. The highest BCUT2D eigenvalue weighted by Gasteiger charge is 2.27. The van der Waals surface area contributed by atoms with Gasteiger partial charge in [0.2, 0.25) is 5.91 Å². The molecule has 0 unspecified atom stereocenters. The van der Waals surface area contributed by atoms with Crippen molar-refractivity contribution in [2.45, 2.75) is 4.90 Å². The number of halogens is 1. The Hall–Kier alpha value is -3.03. The van der Waals surface area contributed by atoms with E-state index in [1.54, 1.807) is 30.3 Å². The Kier molecular flexibility index (Phi) is 5.92. The van der Waals surface area contributed by atoms with Crippen molar-refractivity contribution in [3.8, 4) is 0 Å². The fourth-order valence-corrected chi connectivity index (χ4v) is 4.48. The molecule has 0 aliphatic carbocycles. The smallest absolute Gasteiger partial charge is 0.316 e. The molecule has 0 atom stereocenters. The molecule has 0 aromatic heterocycles. The second-order valence-electron chi connectivity index (χ2n) is 6.59. The highest BCUT2D eigenvalue weighted by molar-refractivity contribution is 8.00. The number of anilines is 2. The number of benzene rings is 3. The monoisotopic (exact) mass is 440 g/mol. The van der Waals surface area contributed by atoms with Crippen LogP contribution in [0.2, 0.25) is 5.02 Å². The zero-order chi connectivity index (χ0) is 21.1. The van der Waals surface area contributed by atoms with Crippen LogP contribution >= 0.6 is 23.4 Å². The lowest BCUT2D eigenvalue weighted by atomic mass is 10.1. The van der Waals surface area contributed by atoms with Crippen LogP contribution in [0.1, 0.15) is 0 Å². The van der Waals surface area contributed by atoms with Crippen molar-refractivity contribution >= 4 is 63.3 Å². The molecule has 1 N–H and O–H groups in total. The quantitative estimate of drug-likeness (QED) is 0.477. The Balaban J connectivity index is 1.37. The van der Waals surface area contributed by atoms with Crippen molar-refractivity contribution in [3.63, 3.8) is 0 Å². The minimum absolute atomic E-state index is 0.0364. The number of carbonyl (C=O) groups excluding carboxylic acids is 3. The van der Waals surface area contributed by atoms with Crippen LogP contribution in [0, 0.1) is 0 Å². The zero-order valence-corrected chi connectivity index (χ0v) is 17.3. The van der Waals surface area contributed by atoms with Crippen LogP contribution in [0.3, 0.4) is 0 Å². The maximum atomic E-state index is 12.5. The van der Waals surface area contributed by atoms with E-state index in [1.165, 1.54) is 16.7 Å². The molecule has 1 aliphatic rings. The van der Waals surface area contributed by atoms with Gasteiger partial charge in [-0.1, -0.05) is 48.0 Å². The third-order valence-corrected chi connectivity index (χ3v) is 5.94. The minimum Gasteiger partial charge on any atom is -0.455 e. The molecule has 2 amide bonds. The van der Waals surface area contributed by atoms with Gasteiger partial charge in [-0.05, 0) is 29.7 Å². The van der Waals surface area contributed by atoms with Crippen LogP contribution in [0.4, 0.5) is 11.4 Å². The number of amides is 2. The number of hydrogen-bond donors (Lipinski definition) is 1. The molecule has 6 nitrogen and oxygen atoms in total. The molecule has 3 aromatic carbocycles. The number of thioether (sulfide) groups is 1. The van der Waals surface area contributed by atoms with E-state index in [9.17, 15) is 14.4 Å². The van der Waals surface area contributed by atoms with Gasteiger partial charge in [0.25, 0.3) is 5.91 Å². The summed E-state index contributed by atoms with van der Waals surface area (Å²) < 4.78 is 5.16. The number of nitrogens with zero attached hydrogens (tertiary/aromatic N) is 1. The average molecular weight is 441 g/mol. The van der Waals surface area contributed by atoms with Gasteiger partial charge < -0.3 is 10.1 Å². The van der Waals surface area contributed by atoms with E-state index in [0.29, 0.717) is 16.4 Å². The van der Waals surface area contributed by atoms with E-state index in [4.69, 9.17) is 16.3 Å². The van der Waals surface area contributed by atoms with Gasteiger partial charge in [-0.2, -0.15) is 0 Å². The van der Waals surface area contributed by atoms with Gasteiger partial charge in [0.15, 0.2) is 6.61 Å². The Morgan fingerprint density at radius 3 is 2.67 bits per heavy atom. The molecule has 0 saturated carbocycles. The van der Waals surface area contributed by atoms with E-state index in [2.05, 4.69) is 5.32 Å². The van der Waals surface area contributed by atoms with Gasteiger partial charge in [-0.3, -0.25) is 19.3 Å². The lowest BCUT2D eigenvalue weighted by Crippen LogP contribution is -2.44. The van der Waals surface area contributed by atoms with Gasteiger partial charge in [0, 0.05) is 15.3 Å². The highest BCUT2D eigenvalue weighted by Crippen LogP contribution is 2.33. The maximum Gasteiger partial charge on any atom is 0.316 e. The largest absolute Gasteiger partial charge is 0.455 e. The molecule has 1 heterocycles. The van der Waals surface area contributed by atoms with Crippen LogP contribution in [-0.2, 0) is 19.1 Å². The predicted molar refractivity (Wildman–Crippen MR) is 118 cm³/mol. The first-order valence-corrected chi connectivity index (χ1v) is 10.5. The third-order valence-electron chi connectivity index (χ3n) is 4.59. The lowest BCUT2D eigenvalue weighted by molar-refractivity contribution is -0.145. The summed E-state index contributed by atoms with van der Waals surface area (Å²) >= 11 is 7.61. The van der Waals surface area contributed by atoms with Gasteiger partial charge in [-0.25, -0.2) is 0 Å². The summed E-state index contributed by atoms with van der Waals surface area (Å²) in [4.78, 5) is 38.8. The van der Waals surface area contributed by atoms with Gasteiger partial charge in [0.05, 0.1) is 17.1 Å². The fourth-order valence-electron chi connectivity index (χ4n) is 3.24. The molecular formula is C22H17ClN2O4S. The molecule has 3 aromatic rings. The first kappa shape index (κ1) is 20.3. The number of nitrogens with one attached hydrogen (secondary N) is 1. The zero-order valence-electron chi connectivity index (χ0n) is 15.8. The lowest BCUT2D eigenvalue weighted by Gasteiger charge is -2.28. The van der Waals surface area contributed by atoms with Crippen molar-refractivity contribution in [3.05, 3.63) is 65.7 Å². The summed E-state index contributed by atoms with van der Waals surface area (Å²) in [6.45, 7) is -0.548. The molecule has 4 rings (SSSR count). The molecule has 152 valence electrons. The molecule has 0 fully saturated rings. The molecule has 1 aliphatic heterocycles. The summed E-state index contributed by atoms with van der Waals surface area (Å²) in [6.07, 6.45) is 0. The summed E-state index contributed by atoms with van der Waals surface area (Å²) in [6, 6.07) is 18.4. The van der Waals surface area contributed by atoms with Crippen LogP contribution in [0.15, 0.2) is 65.6 Å². The van der Waals surface area contributed by atoms with Gasteiger partial charge in [-0.15, -0.1) is 11.8 Å². The van der Waals surface area contributed by atoms with Crippen LogP contribution < -0.4 is 10.2 Å². The van der Waals surface area contributed by atoms with E-state index < -0.39 is 18.5 Å². The van der Waals surface area contributed by atoms with E-state index in [0.717, 1.165) is 15.7 Å². The third kappa shape index (κ3) is 4.27. The predicted octanol–water partition coefficient (Wildman–Crippen LogP) is 4.11. The van der Waals surface area contributed by atoms with E-state index >= 15 is 0 Å². The van der Waals surface area contributed by atoms with Crippen LogP contribution in [0.25, 0.3) is 10.8 Å². The number of rotatable bonds is 5. The normalized spacial score (nSPS) is 13.0. The minimum atomic E-state index is -0.521. The second-order valence-corrected chi connectivity index (χ2v) is 8.01. The molecule has 0 saturated heterocycles. The van der Waals surface area contributed by atoms with Gasteiger partial charge >= 0.3 is 5.97 Å². The Morgan fingerprint density at radius 1 is 1.07 bits per heavy atom. The fraction of sp³-hybridized carbons (Fsp3) is 0.136. The molecule has 0 spiro atoms. The van der Waals surface area contributed by atoms with E-state index in [1.807, 2.05) is 30.3 Å². The van der Waals surface area contributed by atoms with Gasteiger partial charge in [0.1, 0.15) is 6.54 Å². The average Bonchev–Trinajstić information content (AvgIpc) is 2.75.